The first-order chi connectivity index (χ1) is 8.63. The van der Waals surface area contributed by atoms with Gasteiger partial charge < -0.3 is 20.1 Å². The molecular formula is C12H22N2O4. The van der Waals surface area contributed by atoms with Crippen molar-refractivity contribution in [1.29, 1.82) is 0 Å². The van der Waals surface area contributed by atoms with E-state index >= 15 is 0 Å². The van der Waals surface area contributed by atoms with E-state index in [0.717, 1.165) is 0 Å². The lowest BCUT2D eigenvalue weighted by Crippen LogP contribution is -2.31. The number of hydrogen-bond acceptors (Lipinski definition) is 6. The minimum Gasteiger partial charge on any atom is -0.466 e. The van der Waals surface area contributed by atoms with Gasteiger partial charge in [-0.05, 0) is 13.8 Å². The van der Waals surface area contributed by atoms with Crippen LogP contribution in [0.3, 0.4) is 0 Å². The van der Waals surface area contributed by atoms with E-state index < -0.39 is 11.8 Å². The van der Waals surface area contributed by atoms with Gasteiger partial charge in [-0.15, -0.1) is 0 Å². The van der Waals surface area contributed by atoms with Gasteiger partial charge >= 0.3 is 11.9 Å². The summed E-state index contributed by atoms with van der Waals surface area (Å²) >= 11 is 0. The average molecular weight is 258 g/mol. The Balaban J connectivity index is 2.69. The van der Waals surface area contributed by atoms with Crippen LogP contribution in [0.5, 0.6) is 0 Å². The molecule has 0 radical (unpaired) electrons. The molecular weight excluding hydrogens is 236 g/mol. The van der Waals surface area contributed by atoms with Gasteiger partial charge in [0, 0.05) is 26.2 Å². The summed E-state index contributed by atoms with van der Waals surface area (Å²) in [6.45, 7) is 6.35. The van der Waals surface area contributed by atoms with E-state index in [1.54, 1.807) is 13.8 Å². The highest BCUT2D eigenvalue weighted by Crippen LogP contribution is 2.25. The zero-order valence-corrected chi connectivity index (χ0v) is 11.1. The van der Waals surface area contributed by atoms with E-state index in [-0.39, 0.29) is 11.9 Å². The number of carbonyl (C=O) groups excluding carboxylic acids is 2. The SMILES string of the molecule is CCOC(=O)[C@@H]1CN(CCN)C[C@H]1C(=O)OCC. The van der Waals surface area contributed by atoms with Crippen LogP contribution < -0.4 is 5.73 Å². The summed E-state index contributed by atoms with van der Waals surface area (Å²) in [6.07, 6.45) is 0. The number of rotatable bonds is 6. The fourth-order valence-electron chi connectivity index (χ4n) is 2.23. The van der Waals surface area contributed by atoms with Crippen LogP contribution in [0.2, 0.25) is 0 Å². The average Bonchev–Trinajstić information content (AvgIpc) is 2.74. The monoisotopic (exact) mass is 258 g/mol. The first kappa shape index (κ1) is 14.9. The lowest BCUT2D eigenvalue weighted by Gasteiger charge is -2.15. The molecule has 104 valence electrons. The van der Waals surface area contributed by atoms with Gasteiger partial charge in [-0.2, -0.15) is 0 Å². The van der Waals surface area contributed by atoms with E-state index in [2.05, 4.69) is 0 Å². The topological polar surface area (TPSA) is 81.9 Å². The number of hydrogen-bond donors (Lipinski definition) is 1. The van der Waals surface area contributed by atoms with Gasteiger partial charge in [0.05, 0.1) is 25.0 Å². The van der Waals surface area contributed by atoms with E-state index in [4.69, 9.17) is 15.2 Å². The molecule has 0 aromatic rings. The molecule has 1 rings (SSSR count). The predicted molar refractivity (Wildman–Crippen MR) is 65.7 cm³/mol. The van der Waals surface area contributed by atoms with Crippen LogP contribution in [-0.4, -0.2) is 56.2 Å². The van der Waals surface area contributed by atoms with Crippen LogP contribution in [0.25, 0.3) is 0 Å². The Bertz CT molecular complexity index is 270. The Hall–Kier alpha value is -1.14. The highest BCUT2D eigenvalue weighted by molar-refractivity contribution is 5.83. The van der Waals surface area contributed by atoms with Gasteiger partial charge in [-0.3, -0.25) is 9.59 Å². The van der Waals surface area contributed by atoms with Crippen LogP contribution in [0.4, 0.5) is 0 Å². The van der Waals surface area contributed by atoms with E-state index in [1.165, 1.54) is 0 Å². The molecule has 1 aliphatic rings. The molecule has 18 heavy (non-hydrogen) atoms. The minimum absolute atomic E-state index is 0.321. The van der Waals surface area contributed by atoms with E-state index in [0.29, 0.717) is 39.4 Å². The number of nitrogens with two attached hydrogens (primary N) is 1. The normalized spacial score (nSPS) is 23.9. The van der Waals surface area contributed by atoms with Crippen LogP contribution in [0.15, 0.2) is 0 Å². The molecule has 1 saturated heterocycles. The number of carbonyl (C=O) groups is 2. The first-order valence-corrected chi connectivity index (χ1v) is 6.39. The zero-order chi connectivity index (χ0) is 13.5. The fourth-order valence-corrected chi connectivity index (χ4v) is 2.23. The van der Waals surface area contributed by atoms with Gasteiger partial charge in [0.2, 0.25) is 0 Å². The summed E-state index contributed by atoms with van der Waals surface area (Å²) in [5.41, 5.74) is 5.49. The van der Waals surface area contributed by atoms with Crippen LogP contribution in [0.1, 0.15) is 13.8 Å². The molecule has 2 N–H and O–H groups in total. The molecule has 0 aromatic carbocycles. The smallest absolute Gasteiger partial charge is 0.311 e. The second-order valence-corrected chi connectivity index (χ2v) is 4.27. The third-order valence-corrected chi connectivity index (χ3v) is 3.02. The largest absolute Gasteiger partial charge is 0.466 e. The van der Waals surface area contributed by atoms with Crippen molar-refractivity contribution in [2.24, 2.45) is 17.6 Å². The van der Waals surface area contributed by atoms with Crippen LogP contribution in [-0.2, 0) is 19.1 Å². The fraction of sp³-hybridized carbons (Fsp3) is 0.833. The number of nitrogens with zero attached hydrogens (tertiary/aromatic N) is 1. The number of ether oxygens (including phenoxy) is 2. The Labute approximate surface area is 107 Å². The van der Waals surface area contributed by atoms with Gasteiger partial charge in [-0.1, -0.05) is 0 Å². The molecule has 6 nitrogen and oxygen atoms in total. The summed E-state index contributed by atoms with van der Waals surface area (Å²) in [7, 11) is 0. The Morgan fingerprint density at radius 1 is 1.11 bits per heavy atom. The lowest BCUT2D eigenvalue weighted by atomic mass is 9.96. The quantitative estimate of drug-likeness (QED) is 0.654. The van der Waals surface area contributed by atoms with Crippen molar-refractivity contribution in [1.82, 2.24) is 4.90 Å². The molecule has 0 unspecified atom stereocenters. The molecule has 0 bridgehead atoms. The van der Waals surface area contributed by atoms with Crippen LogP contribution in [0, 0.1) is 11.8 Å². The maximum atomic E-state index is 11.8. The standard InChI is InChI=1S/C12H22N2O4/c1-3-17-11(15)9-7-14(6-5-13)8-10(9)12(16)18-4-2/h9-10H,3-8,13H2,1-2H3/t9-,10-/m1/s1. The Kier molecular flexibility index (Phi) is 6.07. The lowest BCUT2D eigenvalue weighted by molar-refractivity contribution is -0.157. The second-order valence-electron chi connectivity index (χ2n) is 4.27. The predicted octanol–water partition coefficient (Wildman–Crippen LogP) is -0.381. The van der Waals surface area contributed by atoms with Crippen LogP contribution >= 0.6 is 0 Å². The molecule has 0 spiro atoms. The van der Waals surface area contributed by atoms with E-state index in [9.17, 15) is 9.59 Å². The van der Waals surface area contributed by atoms with Crippen molar-refractivity contribution in [2.75, 3.05) is 39.4 Å². The summed E-state index contributed by atoms with van der Waals surface area (Å²) < 4.78 is 10.0. The summed E-state index contributed by atoms with van der Waals surface area (Å²) in [5.74, 6) is -1.52. The highest BCUT2D eigenvalue weighted by Gasteiger charge is 2.43. The summed E-state index contributed by atoms with van der Waals surface area (Å²) in [4.78, 5) is 25.7. The first-order valence-electron chi connectivity index (χ1n) is 6.39. The number of likely N-dealkylation sites (tertiary alicyclic amines) is 1. The second kappa shape index (κ2) is 7.33. The van der Waals surface area contributed by atoms with Gasteiger partial charge in [-0.25, -0.2) is 0 Å². The third-order valence-electron chi connectivity index (χ3n) is 3.02. The molecule has 0 aliphatic carbocycles. The molecule has 1 heterocycles. The van der Waals surface area contributed by atoms with Crippen molar-refractivity contribution >= 4 is 11.9 Å². The molecule has 0 aromatic heterocycles. The molecule has 1 fully saturated rings. The van der Waals surface area contributed by atoms with Crippen molar-refractivity contribution in [3.05, 3.63) is 0 Å². The molecule has 1 aliphatic heterocycles. The zero-order valence-electron chi connectivity index (χ0n) is 11.1. The van der Waals surface area contributed by atoms with Gasteiger partial charge in [0.15, 0.2) is 0 Å². The Morgan fingerprint density at radius 3 is 1.89 bits per heavy atom. The maximum absolute atomic E-state index is 11.8. The maximum Gasteiger partial charge on any atom is 0.311 e. The molecule has 6 heteroatoms. The van der Waals surface area contributed by atoms with Gasteiger partial charge in [0.1, 0.15) is 0 Å². The molecule has 0 saturated carbocycles. The number of esters is 2. The third kappa shape index (κ3) is 3.68. The molecule has 0 amide bonds. The summed E-state index contributed by atoms with van der Waals surface area (Å²) in [5, 5.41) is 0. The Morgan fingerprint density at radius 2 is 1.56 bits per heavy atom. The highest BCUT2D eigenvalue weighted by atomic mass is 16.5. The van der Waals surface area contributed by atoms with Crippen molar-refractivity contribution in [3.8, 4) is 0 Å². The minimum atomic E-state index is -0.435. The summed E-state index contributed by atoms with van der Waals surface area (Å²) in [6, 6.07) is 0. The van der Waals surface area contributed by atoms with Crippen molar-refractivity contribution in [2.45, 2.75) is 13.8 Å². The molecule has 2 atom stereocenters. The van der Waals surface area contributed by atoms with Crippen molar-refractivity contribution < 1.29 is 19.1 Å². The van der Waals surface area contributed by atoms with Gasteiger partial charge in [0.25, 0.3) is 0 Å². The van der Waals surface area contributed by atoms with Crippen molar-refractivity contribution in [3.63, 3.8) is 0 Å². The van der Waals surface area contributed by atoms with E-state index in [1.807, 2.05) is 4.90 Å².